The van der Waals surface area contributed by atoms with E-state index in [0.717, 1.165) is 0 Å². The van der Waals surface area contributed by atoms with Crippen LogP contribution in [0.15, 0.2) is 0 Å². The molecule has 0 aromatic carbocycles. The number of rotatable bonds is 3. The molecule has 0 atom stereocenters. The molecule has 0 aliphatic carbocycles. The average molecular weight is 148 g/mol. The first-order chi connectivity index (χ1) is 4.88. The largest absolute Gasteiger partial charge is 0.396 e. The van der Waals surface area contributed by atoms with E-state index in [1.165, 1.54) is 0 Å². The van der Waals surface area contributed by atoms with Gasteiger partial charge in [-0.15, -0.1) is 0 Å². The molecular weight excluding hydrogens is 136 g/mol. The van der Waals surface area contributed by atoms with Crippen LogP contribution < -0.4 is 0 Å². The van der Waals surface area contributed by atoms with Gasteiger partial charge in [-0.3, -0.25) is 0 Å². The molecule has 1 heterocycles. The highest BCUT2D eigenvalue weighted by Gasteiger charge is 2.25. The van der Waals surface area contributed by atoms with Gasteiger partial charge in [0, 0.05) is 0 Å². The van der Waals surface area contributed by atoms with E-state index in [2.05, 4.69) is 0 Å². The van der Waals surface area contributed by atoms with Crippen LogP contribution in [0.25, 0.3) is 0 Å². The van der Waals surface area contributed by atoms with Crippen molar-refractivity contribution in [3.05, 3.63) is 0 Å². The molecule has 0 amide bonds. The summed E-state index contributed by atoms with van der Waals surface area (Å²) in [5.74, 6) is -0.289. The van der Waals surface area contributed by atoms with E-state index in [0.29, 0.717) is 13.2 Å². The number of ether oxygens (including phenoxy) is 2. The molecule has 10 heavy (non-hydrogen) atoms. The molecule has 2 N–H and O–H groups in total. The third kappa shape index (κ3) is 1.67. The van der Waals surface area contributed by atoms with Gasteiger partial charge >= 0.3 is 0 Å². The lowest BCUT2D eigenvalue weighted by atomic mass is 10.2. The van der Waals surface area contributed by atoms with Crippen LogP contribution in [0, 0.1) is 5.92 Å². The minimum Gasteiger partial charge on any atom is -0.396 e. The van der Waals surface area contributed by atoms with Crippen molar-refractivity contribution in [2.45, 2.75) is 6.29 Å². The highest BCUT2D eigenvalue weighted by molar-refractivity contribution is 4.63. The van der Waals surface area contributed by atoms with Crippen molar-refractivity contribution in [2.75, 3.05) is 26.4 Å². The van der Waals surface area contributed by atoms with E-state index in [1.807, 2.05) is 0 Å². The molecule has 0 aromatic rings. The lowest BCUT2D eigenvalue weighted by Gasteiger charge is -2.16. The molecule has 1 fully saturated rings. The van der Waals surface area contributed by atoms with Crippen LogP contribution in [0.3, 0.4) is 0 Å². The molecule has 0 aromatic heterocycles. The molecule has 0 bridgehead atoms. The summed E-state index contributed by atoms with van der Waals surface area (Å²) in [5, 5.41) is 17.3. The van der Waals surface area contributed by atoms with Crippen LogP contribution >= 0.6 is 0 Å². The van der Waals surface area contributed by atoms with Gasteiger partial charge in [0.05, 0.1) is 32.3 Å². The van der Waals surface area contributed by atoms with Gasteiger partial charge in [0.1, 0.15) is 0 Å². The molecule has 4 nitrogen and oxygen atoms in total. The molecule has 1 aliphatic rings. The highest BCUT2D eigenvalue weighted by atomic mass is 16.7. The van der Waals surface area contributed by atoms with Crippen LogP contribution in [-0.4, -0.2) is 42.9 Å². The maximum absolute atomic E-state index is 8.67. The molecule has 0 spiro atoms. The minimum atomic E-state index is -0.407. The van der Waals surface area contributed by atoms with E-state index >= 15 is 0 Å². The molecule has 4 heteroatoms. The number of aliphatic hydroxyl groups excluding tert-OH is 2. The lowest BCUT2D eigenvalue weighted by Crippen LogP contribution is -2.27. The Morgan fingerprint density at radius 2 is 1.70 bits per heavy atom. The SMILES string of the molecule is OCC(CO)C1OCCO1. The van der Waals surface area contributed by atoms with Gasteiger partial charge in [0.25, 0.3) is 0 Å². The van der Waals surface area contributed by atoms with E-state index in [4.69, 9.17) is 19.7 Å². The fraction of sp³-hybridized carbons (Fsp3) is 1.00. The van der Waals surface area contributed by atoms with Gasteiger partial charge in [0.2, 0.25) is 0 Å². The van der Waals surface area contributed by atoms with E-state index < -0.39 is 6.29 Å². The van der Waals surface area contributed by atoms with Crippen molar-refractivity contribution in [1.82, 2.24) is 0 Å². The summed E-state index contributed by atoms with van der Waals surface area (Å²) in [5.41, 5.74) is 0. The van der Waals surface area contributed by atoms with Crippen molar-refractivity contribution in [2.24, 2.45) is 5.92 Å². The summed E-state index contributed by atoms with van der Waals surface area (Å²) in [6.07, 6.45) is -0.407. The van der Waals surface area contributed by atoms with Crippen LogP contribution in [0.5, 0.6) is 0 Å². The van der Waals surface area contributed by atoms with Crippen LogP contribution in [0.1, 0.15) is 0 Å². The zero-order valence-electron chi connectivity index (χ0n) is 5.69. The fourth-order valence-electron chi connectivity index (χ4n) is 0.879. The molecule has 1 saturated heterocycles. The maximum atomic E-state index is 8.67. The summed E-state index contributed by atoms with van der Waals surface area (Å²) in [4.78, 5) is 0. The van der Waals surface area contributed by atoms with Gasteiger partial charge in [-0.1, -0.05) is 0 Å². The summed E-state index contributed by atoms with van der Waals surface area (Å²) >= 11 is 0. The molecule has 1 aliphatic heterocycles. The number of aliphatic hydroxyl groups is 2. The Labute approximate surface area is 59.4 Å². The third-order valence-electron chi connectivity index (χ3n) is 1.50. The average Bonchev–Trinajstić information content (AvgIpc) is 2.43. The molecule has 0 saturated carbocycles. The quantitative estimate of drug-likeness (QED) is 0.536. The Morgan fingerprint density at radius 1 is 1.20 bits per heavy atom. The first kappa shape index (κ1) is 7.94. The topological polar surface area (TPSA) is 58.9 Å². The Kier molecular flexibility index (Phi) is 3.08. The zero-order valence-corrected chi connectivity index (χ0v) is 5.69. The summed E-state index contributed by atoms with van der Waals surface area (Å²) < 4.78 is 10.1. The van der Waals surface area contributed by atoms with Gasteiger partial charge in [-0.2, -0.15) is 0 Å². The standard InChI is InChI=1S/C6H12O4/c7-3-5(4-8)6-9-1-2-10-6/h5-8H,1-4H2. The maximum Gasteiger partial charge on any atom is 0.164 e. The predicted molar refractivity (Wildman–Crippen MR) is 33.4 cm³/mol. The smallest absolute Gasteiger partial charge is 0.164 e. The highest BCUT2D eigenvalue weighted by Crippen LogP contribution is 2.13. The molecule has 1 rings (SSSR count). The lowest BCUT2D eigenvalue weighted by molar-refractivity contribution is -0.108. The first-order valence-electron chi connectivity index (χ1n) is 3.33. The Balaban J connectivity index is 2.29. The summed E-state index contributed by atoms with van der Waals surface area (Å²) in [7, 11) is 0. The zero-order chi connectivity index (χ0) is 7.40. The van der Waals surface area contributed by atoms with E-state index in [1.54, 1.807) is 0 Å². The fourth-order valence-corrected chi connectivity index (χ4v) is 0.879. The normalized spacial score (nSPS) is 20.7. The van der Waals surface area contributed by atoms with Crippen LogP contribution in [-0.2, 0) is 9.47 Å². The Morgan fingerprint density at radius 3 is 2.10 bits per heavy atom. The molecular formula is C6H12O4. The third-order valence-corrected chi connectivity index (χ3v) is 1.50. The van der Waals surface area contributed by atoms with Gasteiger partial charge in [-0.05, 0) is 0 Å². The van der Waals surface area contributed by atoms with E-state index in [9.17, 15) is 0 Å². The van der Waals surface area contributed by atoms with Gasteiger partial charge < -0.3 is 19.7 Å². The van der Waals surface area contributed by atoms with Gasteiger partial charge in [0.15, 0.2) is 6.29 Å². The number of hydrogen-bond donors (Lipinski definition) is 2. The number of hydrogen-bond acceptors (Lipinski definition) is 4. The van der Waals surface area contributed by atoms with Crippen molar-refractivity contribution < 1.29 is 19.7 Å². The minimum absolute atomic E-state index is 0.0961. The van der Waals surface area contributed by atoms with Crippen molar-refractivity contribution in [3.63, 3.8) is 0 Å². The van der Waals surface area contributed by atoms with E-state index in [-0.39, 0.29) is 19.1 Å². The van der Waals surface area contributed by atoms with Crippen molar-refractivity contribution >= 4 is 0 Å². The second kappa shape index (κ2) is 3.88. The van der Waals surface area contributed by atoms with Crippen molar-refractivity contribution in [1.29, 1.82) is 0 Å². The summed E-state index contributed by atoms with van der Waals surface area (Å²) in [6, 6.07) is 0. The van der Waals surface area contributed by atoms with Crippen LogP contribution in [0.2, 0.25) is 0 Å². The second-order valence-electron chi connectivity index (χ2n) is 2.24. The van der Waals surface area contributed by atoms with Crippen LogP contribution in [0.4, 0.5) is 0 Å². The van der Waals surface area contributed by atoms with Crippen molar-refractivity contribution in [3.8, 4) is 0 Å². The van der Waals surface area contributed by atoms with Gasteiger partial charge in [-0.25, -0.2) is 0 Å². The predicted octanol–water partition coefficient (Wildman–Crippen LogP) is -1.04. The molecule has 60 valence electrons. The molecule has 0 radical (unpaired) electrons. The Bertz CT molecular complexity index is 85.7. The summed E-state index contributed by atoms with van der Waals surface area (Å²) in [6.45, 7) is 0.921. The molecule has 0 unspecified atom stereocenters. The first-order valence-corrected chi connectivity index (χ1v) is 3.33. The Hall–Kier alpha value is -0.160. The monoisotopic (exact) mass is 148 g/mol. The second-order valence-corrected chi connectivity index (χ2v) is 2.24.